The van der Waals surface area contributed by atoms with Gasteiger partial charge < -0.3 is 11.1 Å². The Kier molecular flexibility index (Phi) is 5.44. The van der Waals surface area contributed by atoms with Crippen molar-refractivity contribution in [3.63, 3.8) is 0 Å². The molecule has 1 aliphatic carbocycles. The number of amides is 1. The number of carbonyl (C=O) groups excluding carboxylic acids is 1. The Hall–Kier alpha value is -0.570. The summed E-state index contributed by atoms with van der Waals surface area (Å²) in [5.74, 6) is 0.694. The fraction of sp³-hybridized carbons (Fsp3) is 0.929. The average Bonchev–Trinajstić information content (AvgIpc) is 2.29. The van der Waals surface area contributed by atoms with E-state index in [4.69, 9.17) is 5.73 Å². The van der Waals surface area contributed by atoms with Crippen LogP contribution < -0.4 is 11.1 Å². The molecule has 17 heavy (non-hydrogen) atoms. The van der Waals surface area contributed by atoms with Crippen LogP contribution in [0.4, 0.5) is 0 Å². The first kappa shape index (κ1) is 14.5. The van der Waals surface area contributed by atoms with E-state index in [9.17, 15) is 4.79 Å². The number of hydrogen-bond donors (Lipinski definition) is 2. The van der Waals surface area contributed by atoms with E-state index in [0.29, 0.717) is 12.5 Å². The summed E-state index contributed by atoms with van der Waals surface area (Å²) >= 11 is 0. The smallest absolute Gasteiger partial charge is 0.226 e. The van der Waals surface area contributed by atoms with Crippen molar-refractivity contribution in [2.24, 2.45) is 17.1 Å². The minimum absolute atomic E-state index is 0.139. The molecule has 0 spiro atoms. The third-order valence-corrected chi connectivity index (χ3v) is 4.10. The second-order valence-corrected chi connectivity index (χ2v) is 6.02. The highest BCUT2D eigenvalue weighted by molar-refractivity contribution is 5.82. The van der Waals surface area contributed by atoms with Gasteiger partial charge in [0.2, 0.25) is 5.91 Å². The van der Waals surface area contributed by atoms with Crippen molar-refractivity contribution in [2.45, 2.75) is 65.3 Å². The molecule has 100 valence electrons. The van der Waals surface area contributed by atoms with Crippen LogP contribution in [0.3, 0.4) is 0 Å². The van der Waals surface area contributed by atoms with Crippen molar-refractivity contribution >= 4 is 5.91 Å². The van der Waals surface area contributed by atoms with Gasteiger partial charge in [0.1, 0.15) is 0 Å². The lowest BCUT2D eigenvalue weighted by atomic mass is 9.75. The van der Waals surface area contributed by atoms with Crippen molar-refractivity contribution in [3.05, 3.63) is 0 Å². The van der Waals surface area contributed by atoms with Gasteiger partial charge in [-0.1, -0.05) is 40.0 Å². The summed E-state index contributed by atoms with van der Waals surface area (Å²) in [6, 6.07) is 0.228. The number of rotatable bonds is 5. The van der Waals surface area contributed by atoms with E-state index >= 15 is 0 Å². The van der Waals surface area contributed by atoms with Gasteiger partial charge >= 0.3 is 0 Å². The summed E-state index contributed by atoms with van der Waals surface area (Å²) in [5, 5.41) is 3.21. The number of hydrogen-bond acceptors (Lipinski definition) is 2. The summed E-state index contributed by atoms with van der Waals surface area (Å²) in [4.78, 5) is 12.4. The van der Waals surface area contributed by atoms with Gasteiger partial charge in [-0.15, -0.1) is 0 Å². The molecule has 1 rings (SSSR count). The van der Waals surface area contributed by atoms with E-state index in [-0.39, 0.29) is 17.4 Å². The zero-order valence-corrected chi connectivity index (χ0v) is 11.6. The van der Waals surface area contributed by atoms with Crippen LogP contribution in [0.25, 0.3) is 0 Å². The molecule has 0 aromatic rings. The molecule has 1 atom stereocenters. The van der Waals surface area contributed by atoms with Crippen LogP contribution in [-0.2, 0) is 4.79 Å². The average molecular weight is 240 g/mol. The molecule has 0 bridgehead atoms. The van der Waals surface area contributed by atoms with E-state index < -0.39 is 0 Å². The Bertz CT molecular complexity index is 245. The van der Waals surface area contributed by atoms with Crippen LogP contribution in [0.5, 0.6) is 0 Å². The predicted molar refractivity (Wildman–Crippen MR) is 71.6 cm³/mol. The summed E-state index contributed by atoms with van der Waals surface area (Å²) < 4.78 is 0. The lowest BCUT2D eigenvalue weighted by Crippen LogP contribution is -2.47. The molecule has 1 unspecified atom stereocenters. The quantitative estimate of drug-likeness (QED) is 0.775. The molecule has 0 saturated heterocycles. The van der Waals surface area contributed by atoms with Gasteiger partial charge in [0.15, 0.2) is 0 Å². The van der Waals surface area contributed by atoms with Crippen LogP contribution >= 0.6 is 0 Å². The van der Waals surface area contributed by atoms with E-state index in [2.05, 4.69) is 26.1 Å². The molecule has 0 radical (unpaired) electrons. The molecule has 0 aromatic heterocycles. The molecule has 1 fully saturated rings. The van der Waals surface area contributed by atoms with Gasteiger partial charge in [-0.2, -0.15) is 0 Å². The third-order valence-electron chi connectivity index (χ3n) is 4.10. The number of carbonyl (C=O) groups is 1. The molecular weight excluding hydrogens is 212 g/mol. The zero-order valence-electron chi connectivity index (χ0n) is 11.6. The SMILES string of the molecule is CC(C)C(CCN)NC(=O)C1(C)CCCCC1. The molecular formula is C14H28N2O. The minimum Gasteiger partial charge on any atom is -0.353 e. The van der Waals surface area contributed by atoms with Gasteiger partial charge in [-0.3, -0.25) is 4.79 Å². The van der Waals surface area contributed by atoms with Crippen LogP contribution in [0.1, 0.15) is 59.3 Å². The lowest BCUT2D eigenvalue weighted by molar-refractivity contribution is -0.133. The molecule has 0 aliphatic heterocycles. The van der Waals surface area contributed by atoms with Crippen LogP contribution in [0, 0.1) is 11.3 Å². The van der Waals surface area contributed by atoms with E-state index in [1.807, 2.05) is 0 Å². The van der Waals surface area contributed by atoms with E-state index in [0.717, 1.165) is 19.3 Å². The standard InChI is InChI=1S/C14H28N2O/c1-11(2)12(7-10-15)16-13(17)14(3)8-5-4-6-9-14/h11-12H,4-10,15H2,1-3H3,(H,16,17). The number of nitrogens with one attached hydrogen (secondary N) is 1. The Morgan fingerprint density at radius 2 is 1.88 bits per heavy atom. The van der Waals surface area contributed by atoms with Crippen molar-refractivity contribution < 1.29 is 4.79 Å². The topological polar surface area (TPSA) is 55.1 Å². The van der Waals surface area contributed by atoms with Crippen molar-refractivity contribution in [3.8, 4) is 0 Å². The fourth-order valence-corrected chi connectivity index (χ4v) is 2.65. The largest absolute Gasteiger partial charge is 0.353 e. The van der Waals surface area contributed by atoms with Crippen molar-refractivity contribution in [1.82, 2.24) is 5.32 Å². The maximum atomic E-state index is 12.4. The van der Waals surface area contributed by atoms with Gasteiger partial charge in [0.25, 0.3) is 0 Å². The maximum absolute atomic E-state index is 12.4. The molecule has 3 nitrogen and oxygen atoms in total. The first-order valence-corrected chi connectivity index (χ1v) is 7.00. The first-order chi connectivity index (χ1) is 7.99. The molecule has 0 heterocycles. The molecule has 1 aliphatic rings. The Labute approximate surface area is 106 Å². The maximum Gasteiger partial charge on any atom is 0.226 e. The van der Waals surface area contributed by atoms with Gasteiger partial charge in [0.05, 0.1) is 0 Å². The highest BCUT2D eigenvalue weighted by atomic mass is 16.2. The van der Waals surface area contributed by atoms with Crippen molar-refractivity contribution in [1.29, 1.82) is 0 Å². The van der Waals surface area contributed by atoms with Gasteiger partial charge in [0, 0.05) is 11.5 Å². The number of nitrogens with two attached hydrogens (primary N) is 1. The van der Waals surface area contributed by atoms with Gasteiger partial charge in [-0.25, -0.2) is 0 Å². The van der Waals surface area contributed by atoms with E-state index in [1.54, 1.807) is 0 Å². The van der Waals surface area contributed by atoms with Crippen LogP contribution in [0.2, 0.25) is 0 Å². The first-order valence-electron chi connectivity index (χ1n) is 7.00. The Morgan fingerprint density at radius 3 is 2.35 bits per heavy atom. The second-order valence-electron chi connectivity index (χ2n) is 6.02. The summed E-state index contributed by atoms with van der Waals surface area (Å²) in [5.41, 5.74) is 5.46. The second kappa shape index (κ2) is 6.39. The Morgan fingerprint density at radius 1 is 1.29 bits per heavy atom. The molecule has 3 heteroatoms. The molecule has 1 amide bonds. The third kappa shape index (κ3) is 3.98. The summed E-state index contributed by atoms with van der Waals surface area (Å²) in [6.07, 6.45) is 6.59. The highest BCUT2D eigenvalue weighted by Crippen LogP contribution is 2.36. The molecule has 0 aromatic carbocycles. The van der Waals surface area contributed by atoms with Crippen molar-refractivity contribution in [2.75, 3.05) is 6.54 Å². The molecule has 1 saturated carbocycles. The summed E-state index contributed by atoms with van der Waals surface area (Å²) in [7, 11) is 0. The lowest BCUT2D eigenvalue weighted by Gasteiger charge is -2.34. The van der Waals surface area contributed by atoms with E-state index in [1.165, 1.54) is 19.3 Å². The predicted octanol–water partition coefficient (Wildman–Crippen LogP) is 2.45. The highest BCUT2D eigenvalue weighted by Gasteiger charge is 2.35. The monoisotopic (exact) mass is 240 g/mol. The zero-order chi connectivity index (χ0) is 12.9. The van der Waals surface area contributed by atoms with Crippen LogP contribution in [0.15, 0.2) is 0 Å². The molecule has 3 N–H and O–H groups in total. The minimum atomic E-state index is -0.139. The normalized spacial score (nSPS) is 21.2. The van der Waals surface area contributed by atoms with Gasteiger partial charge in [-0.05, 0) is 31.7 Å². The summed E-state index contributed by atoms with van der Waals surface area (Å²) in [6.45, 7) is 7.04. The van der Waals surface area contributed by atoms with Crippen LogP contribution in [-0.4, -0.2) is 18.5 Å². The Balaban J connectivity index is 2.56. The fourth-order valence-electron chi connectivity index (χ4n) is 2.65.